The van der Waals surface area contributed by atoms with Gasteiger partial charge in [0.1, 0.15) is 23.1 Å². The number of imidazole rings is 1. The molecule has 0 unspecified atom stereocenters. The van der Waals surface area contributed by atoms with Crippen molar-refractivity contribution in [3.8, 4) is 11.4 Å². The highest BCUT2D eigenvalue weighted by Crippen LogP contribution is 2.32. The minimum absolute atomic E-state index is 0.410. The van der Waals surface area contributed by atoms with Crippen LogP contribution in [0.5, 0.6) is 0 Å². The molecule has 34 heavy (non-hydrogen) atoms. The molecule has 8 nitrogen and oxygen atoms in total. The number of aromatic nitrogens is 3. The van der Waals surface area contributed by atoms with Gasteiger partial charge in [-0.15, -0.1) is 0 Å². The highest BCUT2D eigenvalue weighted by molar-refractivity contribution is 7.88. The van der Waals surface area contributed by atoms with Crippen LogP contribution in [-0.2, 0) is 23.0 Å². The van der Waals surface area contributed by atoms with E-state index < -0.39 is 10.0 Å². The van der Waals surface area contributed by atoms with Crippen molar-refractivity contribution in [1.82, 2.24) is 14.3 Å². The number of aryl methyl sites for hydroxylation is 1. The van der Waals surface area contributed by atoms with Gasteiger partial charge in [-0.3, -0.25) is 4.90 Å². The molecule has 3 N–H and O–H groups in total. The van der Waals surface area contributed by atoms with Gasteiger partial charge in [0.05, 0.1) is 26.4 Å². The molecular formula is C25H29N6O2S+. The number of sulfonamides is 1. The zero-order valence-corrected chi connectivity index (χ0v) is 20.6. The van der Waals surface area contributed by atoms with Gasteiger partial charge in [-0.1, -0.05) is 18.2 Å². The fourth-order valence-electron chi connectivity index (χ4n) is 4.42. The van der Waals surface area contributed by atoms with Crippen LogP contribution in [0.25, 0.3) is 22.4 Å². The van der Waals surface area contributed by atoms with Crippen molar-refractivity contribution in [2.45, 2.75) is 19.9 Å². The number of hydrogen-bond acceptors (Lipinski definition) is 5. The number of hydrogen-bond donors (Lipinski definition) is 2. The third-order valence-corrected chi connectivity index (χ3v) is 7.60. The molecule has 1 aliphatic heterocycles. The van der Waals surface area contributed by atoms with E-state index in [4.69, 9.17) is 4.98 Å². The zero-order chi connectivity index (χ0) is 24.0. The zero-order valence-electron chi connectivity index (χ0n) is 19.8. The number of nitrogens with zero attached hydrogens (tertiary/aromatic N) is 3. The summed E-state index contributed by atoms with van der Waals surface area (Å²) in [5.74, 6) is 1.81. The second kappa shape index (κ2) is 8.41. The number of anilines is 3. The van der Waals surface area contributed by atoms with Crippen molar-refractivity contribution in [2.24, 2.45) is 0 Å². The van der Waals surface area contributed by atoms with Crippen molar-refractivity contribution >= 4 is 38.2 Å². The van der Waals surface area contributed by atoms with E-state index in [9.17, 15) is 8.42 Å². The van der Waals surface area contributed by atoms with Crippen LogP contribution in [0, 0.1) is 6.92 Å². The summed E-state index contributed by atoms with van der Waals surface area (Å²) in [6.45, 7) is 2.98. The summed E-state index contributed by atoms with van der Waals surface area (Å²) in [7, 11) is 0.781. The fourth-order valence-corrected chi connectivity index (χ4v) is 5.21. The molecule has 2 aromatic carbocycles. The average Bonchev–Trinajstić information content (AvgIpc) is 3.22. The molecule has 0 fully saturated rings. The monoisotopic (exact) mass is 477 g/mol. The normalized spacial score (nSPS) is 14.2. The maximum absolute atomic E-state index is 12.0. The van der Waals surface area contributed by atoms with Gasteiger partial charge in [0, 0.05) is 30.0 Å². The molecule has 0 saturated heterocycles. The number of H-pyrrole nitrogens is 2. The predicted molar refractivity (Wildman–Crippen MR) is 136 cm³/mol. The Labute approximate surface area is 199 Å². The van der Waals surface area contributed by atoms with E-state index in [-0.39, 0.29) is 0 Å². The van der Waals surface area contributed by atoms with Crippen LogP contribution < -0.4 is 15.2 Å². The van der Waals surface area contributed by atoms with Gasteiger partial charge in [0.15, 0.2) is 0 Å². The number of benzene rings is 2. The largest absolute Gasteiger partial charge is 0.355 e. The summed E-state index contributed by atoms with van der Waals surface area (Å²) in [4.78, 5) is 13.6. The molecule has 9 heteroatoms. The Balaban J connectivity index is 1.46. The molecule has 1 aliphatic rings. The molecule has 0 radical (unpaired) electrons. The number of aromatic amines is 2. The number of pyridine rings is 1. The summed E-state index contributed by atoms with van der Waals surface area (Å²) in [5, 5.41) is 3.56. The van der Waals surface area contributed by atoms with Crippen molar-refractivity contribution in [3.05, 3.63) is 65.4 Å². The highest BCUT2D eigenvalue weighted by atomic mass is 32.2. The lowest BCUT2D eigenvalue weighted by atomic mass is 9.98. The Bertz CT molecular complexity index is 1490. The van der Waals surface area contributed by atoms with E-state index >= 15 is 0 Å². The Morgan fingerprint density at radius 3 is 2.76 bits per heavy atom. The molecule has 0 aliphatic carbocycles. The molecular weight excluding hydrogens is 448 g/mol. The van der Waals surface area contributed by atoms with Gasteiger partial charge >= 0.3 is 0 Å². The van der Waals surface area contributed by atoms with E-state index in [1.165, 1.54) is 16.1 Å². The second-order valence-electron chi connectivity index (χ2n) is 9.04. The first-order chi connectivity index (χ1) is 16.2. The molecule has 176 valence electrons. The quantitative estimate of drug-likeness (QED) is 0.459. The van der Waals surface area contributed by atoms with Crippen LogP contribution >= 0.6 is 0 Å². The SMILES string of the molecule is Cc1ccc(Nc2cccc3c2CCN(S(C)(=O)=O)C3)cc1-c1nc2cc(N(C)C)[nH+]cc2[nH]1. The Morgan fingerprint density at radius 1 is 1.18 bits per heavy atom. The molecule has 5 rings (SSSR count). The van der Waals surface area contributed by atoms with E-state index in [0.29, 0.717) is 19.5 Å². The lowest BCUT2D eigenvalue weighted by molar-refractivity contribution is -0.361. The summed E-state index contributed by atoms with van der Waals surface area (Å²) in [6.07, 6.45) is 3.89. The minimum atomic E-state index is -3.20. The minimum Gasteiger partial charge on any atom is -0.355 e. The predicted octanol–water partition coefficient (Wildman–Crippen LogP) is 3.48. The Hall–Kier alpha value is -3.43. The van der Waals surface area contributed by atoms with Gasteiger partial charge in [0.25, 0.3) is 5.82 Å². The molecule has 0 spiro atoms. The van der Waals surface area contributed by atoms with Crippen molar-refractivity contribution in [1.29, 1.82) is 0 Å². The lowest BCUT2D eigenvalue weighted by Gasteiger charge is -2.28. The van der Waals surface area contributed by atoms with Crippen LogP contribution in [0.1, 0.15) is 16.7 Å². The van der Waals surface area contributed by atoms with Crippen molar-refractivity contribution in [2.75, 3.05) is 37.1 Å². The van der Waals surface area contributed by atoms with Gasteiger partial charge in [-0.25, -0.2) is 18.4 Å². The lowest BCUT2D eigenvalue weighted by Crippen LogP contribution is -2.35. The average molecular weight is 478 g/mol. The van der Waals surface area contributed by atoms with Gasteiger partial charge in [-0.05, 0) is 48.2 Å². The summed E-state index contributed by atoms with van der Waals surface area (Å²) in [6, 6.07) is 14.3. The van der Waals surface area contributed by atoms with E-state index in [2.05, 4.69) is 40.4 Å². The first kappa shape index (κ1) is 22.4. The highest BCUT2D eigenvalue weighted by Gasteiger charge is 2.24. The maximum atomic E-state index is 12.0. The van der Waals surface area contributed by atoms with Gasteiger partial charge in [-0.2, -0.15) is 4.31 Å². The molecule has 4 aromatic rings. The smallest absolute Gasteiger partial charge is 0.276 e. The standard InChI is InChI=1S/C25H28N6O2S/c1-16-8-9-18(12-20(16)25-28-22-13-24(30(2)3)26-14-23(22)29-25)27-21-7-5-6-17-15-31(34(4,32)33)11-10-19(17)21/h5-9,12-14,27H,10-11,15H2,1-4H3,(H,28,29)/p+1. The third-order valence-electron chi connectivity index (χ3n) is 6.35. The fraction of sp³-hybridized carbons (Fsp3) is 0.280. The van der Waals surface area contributed by atoms with Crippen molar-refractivity contribution in [3.63, 3.8) is 0 Å². The van der Waals surface area contributed by atoms with E-state index in [1.54, 1.807) is 0 Å². The number of nitrogens with one attached hydrogen (secondary N) is 3. The van der Waals surface area contributed by atoms with Crippen LogP contribution in [0.4, 0.5) is 17.2 Å². The first-order valence-electron chi connectivity index (χ1n) is 11.2. The molecule has 0 amide bonds. The molecule has 2 aromatic heterocycles. The van der Waals surface area contributed by atoms with Crippen LogP contribution in [0.2, 0.25) is 0 Å². The summed E-state index contributed by atoms with van der Waals surface area (Å²) in [5.41, 5.74) is 8.18. The topological polar surface area (TPSA) is 95.5 Å². The van der Waals surface area contributed by atoms with Gasteiger partial charge in [0.2, 0.25) is 10.0 Å². The summed E-state index contributed by atoms with van der Waals surface area (Å²) < 4.78 is 25.5. The number of rotatable bonds is 5. The Kier molecular flexibility index (Phi) is 5.53. The molecule has 0 atom stereocenters. The second-order valence-corrected chi connectivity index (χ2v) is 11.0. The molecule has 3 heterocycles. The van der Waals surface area contributed by atoms with Crippen LogP contribution in [0.15, 0.2) is 48.7 Å². The number of fused-ring (bicyclic) bond motifs is 2. The Morgan fingerprint density at radius 2 is 2.00 bits per heavy atom. The van der Waals surface area contributed by atoms with Crippen LogP contribution in [-0.4, -0.2) is 49.6 Å². The van der Waals surface area contributed by atoms with Gasteiger partial charge < -0.3 is 10.3 Å². The van der Waals surface area contributed by atoms with E-state index in [0.717, 1.165) is 50.7 Å². The molecule has 0 saturated carbocycles. The first-order valence-corrected chi connectivity index (χ1v) is 13.1. The third kappa shape index (κ3) is 4.24. The van der Waals surface area contributed by atoms with Crippen molar-refractivity contribution < 1.29 is 13.4 Å². The maximum Gasteiger partial charge on any atom is 0.276 e. The summed E-state index contributed by atoms with van der Waals surface area (Å²) >= 11 is 0. The van der Waals surface area contributed by atoms with Crippen LogP contribution in [0.3, 0.4) is 0 Å². The molecule has 0 bridgehead atoms. The van der Waals surface area contributed by atoms with E-state index in [1.807, 2.05) is 49.5 Å².